The zero-order chi connectivity index (χ0) is 24.9. The highest BCUT2D eigenvalue weighted by Gasteiger charge is 2.33. The lowest BCUT2D eigenvalue weighted by atomic mass is 10.1. The molecule has 0 aliphatic carbocycles. The second kappa shape index (κ2) is 14.8. The van der Waals surface area contributed by atoms with Gasteiger partial charge in [-0.05, 0) is 59.7 Å². The number of aliphatic hydroxyl groups is 1. The van der Waals surface area contributed by atoms with E-state index in [0.717, 1.165) is 24.0 Å². The lowest BCUT2D eigenvalue weighted by Crippen LogP contribution is -2.30. The fraction of sp³-hybridized carbons (Fsp3) is 0.448. The molecule has 1 heterocycles. The number of amidine groups is 1. The molecular formula is C29H37FN2O2S. The van der Waals surface area contributed by atoms with Crippen LogP contribution in [0, 0.1) is 5.82 Å². The highest BCUT2D eigenvalue weighted by Crippen LogP contribution is 2.34. The molecule has 4 nitrogen and oxygen atoms in total. The van der Waals surface area contributed by atoms with Crippen molar-refractivity contribution in [2.24, 2.45) is 4.99 Å². The summed E-state index contributed by atoms with van der Waals surface area (Å²) in [6.07, 6.45) is 14.3. The van der Waals surface area contributed by atoms with E-state index in [0.29, 0.717) is 22.3 Å². The number of hydrogen-bond acceptors (Lipinski definition) is 4. The average molecular weight is 497 g/mol. The predicted octanol–water partition coefficient (Wildman–Crippen LogP) is 7.84. The van der Waals surface area contributed by atoms with Gasteiger partial charge in [-0.3, -0.25) is 9.69 Å². The number of rotatable bonds is 14. The smallest absolute Gasteiger partial charge is 0.266 e. The average Bonchev–Trinajstić information content (AvgIpc) is 3.15. The van der Waals surface area contributed by atoms with Gasteiger partial charge < -0.3 is 5.11 Å². The molecule has 1 aliphatic heterocycles. The molecule has 0 radical (unpaired) electrons. The molecule has 0 atom stereocenters. The Balaban J connectivity index is 1.60. The minimum absolute atomic E-state index is 0.00829. The van der Waals surface area contributed by atoms with Crippen LogP contribution in [0.3, 0.4) is 0 Å². The van der Waals surface area contributed by atoms with Gasteiger partial charge in [0.2, 0.25) is 0 Å². The van der Waals surface area contributed by atoms with Crippen LogP contribution >= 0.6 is 11.8 Å². The minimum atomic E-state index is -0.307. The van der Waals surface area contributed by atoms with Gasteiger partial charge in [-0.2, -0.15) is 0 Å². The van der Waals surface area contributed by atoms with Crippen molar-refractivity contribution in [3.05, 3.63) is 70.4 Å². The van der Waals surface area contributed by atoms with E-state index < -0.39 is 0 Å². The van der Waals surface area contributed by atoms with E-state index in [1.807, 2.05) is 30.3 Å². The molecule has 0 saturated carbocycles. The molecular weight excluding hydrogens is 459 g/mol. The molecule has 0 unspecified atom stereocenters. The number of hydrogen-bond donors (Lipinski definition) is 1. The third kappa shape index (κ3) is 8.93. The summed E-state index contributed by atoms with van der Waals surface area (Å²) in [5.41, 5.74) is 2.36. The first-order chi connectivity index (χ1) is 17.1. The first-order valence-corrected chi connectivity index (χ1v) is 13.7. The van der Waals surface area contributed by atoms with Gasteiger partial charge in [0.15, 0.2) is 5.17 Å². The van der Waals surface area contributed by atoms with Crippen molar-refractivity contribution in [2.45, 2.75) is 77.7 Å². The Labute approximate surface area is 213 Å². The molecule has 1 fully saturated rings. The van der Waals surface area contributed by atoms with Crippen LogP contribution < -0.4 is 0 Å². The Morgan fingerprint density at radius 3 is 2.09 bits per heavy atom. The van der Waals surface area contributed by atoms with Crippen LogP contribution in [0.5, 0.6) is 0 Å². The highest BCUT2D eigenvalue weighted by atomic mass is 32.2. The fourth-order valence-corrected chi connectivity index (χ4v) is 5.07. The van der Waals surface area contributed by atoms with Crippen molar-refractivity contribution in [2.75, 3.05) is 6.54 Å². The van der Waals surface area contributed by atoms with Crippen molar-refractivity contribution in [1.29, 1.82) is 0 Å². The summed E-state index contributed by atoms with van der Waals surface area (Å²) in [5.74, 6) is -0.351. The van der Waals surface area contributed by atoms with Crippen molar-refractivity contribution < 1.29 is 14.3 Å². The summed E-state index contributed by atoms with van der Waals surface area (Å²) in [7, 11) is 0. The number of halogens is 1. The van der Waals surface area contributed by atoms with Gasteiger partial charge in [0.1, 0.15) is 5.82 Å². The molecule has 0 aromatic heterocycles. The molecule has 1 saturated heterocycles. The van der Waals surface area contributed by atoms with Crippen molar-refractivity contribution >= 4 is 34.6 Å². The van der Waals surface area contributed by atoms with E-state index in [2.05, 4.69) is 11.9 Å². The number of carbonyl (C=O) groups is 1. The number of nitrogens with zero attached hydrogens (tertiary/aromatic N) is 2. The number of benzene rings is 2. The molecule has 2 aromatic carbocycles. The fourth-order valence-electron chi connectivity index (χ4n) is 4.04. The van der Waals surface area contributed by atoms with Crippen molar-refractivity contribution in [3.63, 3.8) is 0 Å². The molecule has 188 valence electrons. The standard InChI is InChI=1S/C29H37FN2O2S/c1-2-3-4-5-6-7-8-9-10-11-20-32-28(34)27(21-23-12-14-24(22-33)15-13-23)35-29(32)31-26-18-16-25(30)17-19-26/h12-19,21,33H,2-11,20,22H2,1H3/b27-21-,31-29-. The molecule has 35 heavy (non-hydrogen) atoms. The monoisotopic (exact) mass is 496 g/mol. The number of aliphatic hydroxyl groups excluding tert-OH is 1. The van der Waals surface area contributed by atoms with Gasteiger partial charge in [-0.1, -0.05) is 89.0 Å². The third-order valence-corrected chi connectivity index (χ3v) is 7.14. The summed E-state index contributed by atoms with van der Waals surface area (Å²) in [4.78, 5) is 20.3. The van der Waals surface area contributed by atoms with Gasteiger partial charge >= 0.3 is 0 Å². The molecule has 2 aromatic rings. The maximum Gasteiger partial charge on any atom is 0.266 e. The van der Waals surface area contributed by atoms with Crippen LogP contribution in [0.25, 0.3) is 6.08 Å². The molecule has 1 amide bonds. The van der Waals surface area contributed by atoms with Gasteiger partial charge in [-0.25, -0.2) is 9.38 Å². The molecule has 0 bridgehead atoms. The van der Waals surface area contributed by atoms with Crippen LogP contribution in [0.1, 0.15) is 82.3 Å². The number of aliphatic imine (C=N–C) groups is 1. The second-order valence-corrected chi connectivity index (χ2v) is 10.0. The number of amides is 1. The van der Waals surface area contributed by atoms with E-state index in [1.54, 1.807) is 17.0 Å². The van der Waals surface area contributed by atoms with Crippen molar-refractivity contribution in [1.82, 2.24) is 4.90 Å². The van der Waals surface area contributed by atoms with Crippen LogP contribution in [0.4, 0.5) is 10.1 Å². The van der Waals surface area contributed by atoms with Gasteiger partial charge in [0.25, 0.3) is 5.91 Å². The Hall–Kier alpha value is -2.44. The number of carbonyl (C=O) groups excluding carboxylic acids is 1. The number of thioether (sulfide) groups is 1. The lowest BCUT2D eigenvalue weighted by molar-refractivity contribution is -0.122. The predicted molar refractivity (Wildman–Crippen MR) is 145 cm³/mol. The quantitative estimate of drug-likeness (QED) is 0.214. The first kappa shape index (κ1) is 27.2. The second-order valence-electron chi connectivity index (χ2n) is 9.02. The molecule has 3 rings (SSSR count). The largest absolute Gasteiger partial charge is 0.392 e. The minimum Gasteiger partial charge on any atom is -0.392 e. The Morgan fingerprint density at radius 1 is 0.886 bits per heavy atom. The summed E-state index contributed by atoms with van der Waals surface area (Å²) < 4.78 is 13.3. The normalized spacial score (nSPS) is 16.1. The van der Waals surface area contributed by atoms with E-state index in [1.165, 1.54) is 75.3 Å². The van der Waals surface area contributed by atoms with Crippen LogP contribution in [-0.2, 0) is 11.4 Å². The van der Waals surface area contributed by atoms with Crippen LogP contribution in [0.15, 0.2) is 58.4 Å². The lowest BCUT2D eigenvalue weighted by Gasteiger charge is -2.15. The molecule has 0 spiro atoms. The summed E-state index contributed by atoms with van der Waals surface area (Å²) in [6, 6.07) is 13.5. The topological polar surface area (TPSA) is 52.9 Å². The first-order valence-electron chi connectivity index (χ1n) is 12.9. The van der Waals surface area contributed by atoms with Crippen LogP contribution in [-0.4, -0.2) is 27.6 Å². The summed E-state index contributed by atoms with van der Waals surface area (Å²) in [5, 5.41) is 9.89. The van der Waals surface area contributed by atoms with Crippen LogP contribution in [0.2, 0.25) is 0 Å². The Morgan fingerprint density at radius 2 is 1.49 bits per heavy atom. The van der Waals surface area contributed by atoms with Crippen molar-refractivity contribution in [3.8, 4) is 0 Å². The maximum absolute atomic E-state index is 13.3. The highest BCUT2D eigenvalue weighted by molar-refractivity contribution is 8.18. The summed E-state index contributed by atoms with van der Waals surface area (Å²) in [6.45, 7) is 2.86. The third-order valence-electron chi connectivity index (χ3n) is 6.13. The molecule has 1 aliphatic rings. The van der Waals surface area contributed by atoms with Gasteiger partial charge in [0.05, 0.1) is 17.2 Å². The van der Waals surface area contributed by atoms with E-state index in [-0.39, 0.29) is 18.3 Å². The molecule has 6 heteroatoms. The maximum atomic E-state index is 13.3. The van der Waals surface area contributed by atoms with Gasteiger partial charge in [-0.15, -0.1) is 0 Å². The SMILES string of the molecule is CCCCCCCCCCCCN1C(=O)/C(=C/c2ccc(CO)cc2)S/C1=N\c1ccc(F)cc1. The zero-order valence-corrected chi connectivity index (χ0v) is 21.5. The molecule has 1 N–H and O–H groups in total. The Bertz CT molecular complexity index is 987. The van der Waals surface area contributed by atoms with E-state index >= 15 is 0 Å². The van der Waals surface area contributed by atoms with E-state index in [4.69, 9.17) is 0 Å². The van der Waals surface area contributed by atoms with E-state index in [9.17, 15) is 14.3 Å². The Kier molecular flexibility index (Phi) is 11.5. The summed E-state index contributed by atoms with van der Waals surface area (Å²) >= 11 is 1.36. The zero-order valence-electron chi connectivity index (χ0n) is 20.7. The van der Waals surface area contributed by atoms with Gasteiger partial charge in [0, 0.05) is 6.54 Å². The number of unbranched alkanes of at least 4 members (excludes halogenated alkanes) is 9.